The molecule has 0 amide bonds. The van der Waals surface area contributed by atoms with E-state index in [0.717, 1.165) is 5.75 Å². The van der Waals surface area contributed by atoms with Crippen LogP contribution in [-0.4, -0.2) is 28.0 Å². The van der Waals surface area contributed by atoms with E-state index in [-0.39, 0.29) is 15.7 Å². The Morgan fingerprint density at radius 1 is 1.77 bits per heavy atom. The molecule has 0 spiro atoms. The van der Waals surface area contributed by atoms with Gasteiger partial charge in [0.15, 0.2) is 0 Å². The summed E-state index contributed by atoms with van der Waals surface area (Å²) in [6.45, 7) is 5.36. The van der Waals surface area contributed by atoms with Crippen molar-refractivity contribution in [2.24, 2.45) is 0 Å². The van der Waals surface area contributed by atoms with Crippen LogP contribution < -0.4 is 0 Å². The topological polar surface area (TPSA) is 43.4 Å². The number of thioether (sulfide) groups is 2. The monoisotopic (exact) mass is 218 g/mol. The molecule has 0 radical (unpaired) electrons. The lowest BCUT2D eigenvalue weighted by molar-refractivity contribution is -0.138. The van der Waals surface area contributed by atoms with Gasteiger partial charge >= 0.3 is 5.97 Å². The number of hydrogen-bond donors (Lipinski definition) is 0. The van der Waals surface area contributed by atoms with Gasteiger partial charge in [-0.25, -0.2) is 4.79 Å². The van der Waals surface area contributed by atoms with Crippen LogP contribution in [-0.2, 0) is 9.53 Å². The second kappa shape index (κ2) is 4.72. The van der Waals surface area contributed by atoms with E-state index in [4.69, 9.17) is 4.74 Å². The Balaban J connectivity index is 2.23. The van der Waals surface area contributed by atoms with Crippen molar-refractivity contribution in [3.8, 4) is 0 Å². The Labute approximate surface area is 85.3 Å². The number of ether oxygens (including phenoxy) is 1. The molecular weight excluding hydrogens is 208 g/mol. The molecule has 0 aromatic carbocycles. The summed E-state index contributed by atoms with van der Waals surface area (Å²) in [6, 6.07) is 0. The molecule has 1 atom stereocenters. The minimum Gasteiger partial charge on any atom is -0.461 e. The molecule has 0 aromatic heterocycles. The number of carbonyl (C=O) groups excluding carboxylic acids is 2. The summed E-state index contributed by atoms with van der Waals surface area (Å²) in [5.41, 5.74) is 0.391. The first-order valence-electron chi connectivity index (χ1n) is 3.75. The molecule has 1 aliphatic rings. The summed E-state index contributed by atoms with van der Waals surface area (Å²) >= 11 is 2.51. The predicted molar refractivity (Wildman–Crippen MR) is 55.0 cm³/mol. The minimum absolute atomic E-state index is 0.108. The second-order valence-electron chi connectivity index (χ2n) is 2.68. The van der Waals surface area contributed by atoms with Gasteiger partial charge in [0.05, 0.1) is 5.25 Å². The molecule has 0 saturated carbocycles. The number of carbonyl (C=O) groups is 2. The average molecular weight is 218 g/mol. The van der Waals surface area contributed by atoms with Crippen LogP contribution in [0.25, 0.3) is 0 Å². The molecule has 5 heteroatoms. The van der Waals surface area contributed by atoms with Crippen molar-refractivity contribution in [3.05, 3.63) is 12.2 Å². The van der Waals surface area contributed by atoms with E-state index < -0.39 is 0 Å². The maximum absolute atomic E-state index is 11.0. The first-order valence-corrected chi connectivity index (χ1v) is 5.62. The largest absolute Gasteiger partial charge is 0.461 e. The lowest BCUT2D eigenvalue weighted by atomic mass is 10.4. The van der Waals surface area contributed by atoms with Crippen LogP contribution in [0.15, 0.2) is 12.2 Å². The van der Waals surface area contributed by atoms with Crippen molar-refractivity contribution in [2.45, 2.75) is 12.2 Å². The van der Waals surface area contributed by atoms with E-state index in [1.54, 1.807) is 6.92 Å². The third kappa shape index (κ3) is 3.44. The van der Waals surface area contributed by atoms with Crippen LogP contribution in [0.2, 0.25) is 0 Å². The maximum Gasteiger partial charge on any atom is 0.333 e. The summed E-state index contributed by atoms with van der Waals surface area (Å²) in [4.78, 5) is 21.8. The fourth-order valence-electron chi connectivity index (χ4n) is 0.739. The summed E-state index contributed by atoms with van der Waals surface area (Å²) in [5.74, 6) is 0.345. The highest BCUT2D eigenvalue weighted by Crippen LogP contribution is 2.32. The highest BCUT2D eigenvalue weighted by atomic mass is 32.2. The van der Waals surface area contributed by atoms with Gasteiger partial charge in [0.25, 0.3) is 0 Å². The lowest BCUT2D eigenvalue weighted by Crippen LogP contribution is -2.16. The van der Waals surface area contributed by atoms with E-state index in [1.807, 2.05) is 0 Å². The third-order valence-corrected chi connectivity index (χ3v) is 3.89. The molecule has 1 rings (SSSR count). The molecule has 72 valence electrons. The van der Waals surface area contributed by atoms with Gasteiger partial charge in [-0.3, -0.25) is 4.79 Å². The van der Waals surface area contributed by atoms with Gasteiger partial charge in [0.1, 0.15) is 6.61 Å². The SMILES string of the molecule is C=C(C)C(=O)OCC1CSC(=O)S1. The van der Waals surface area contributed by atoms with Gasteiger partial charge in [-0.2, -0.15) is 0 Å². The van der Waals surface area contributed by atoms with Gasteiger partial charge in [-0.05, 0) is 6.92 Å². The van der Waals surface area contributed by atoms with Gasteiger partial charge in [0.2, 0.25) is 4.45 Å². The van der Waals surface area contributed by atoms with Gasteiger partial charge < -0.3 is 4.74 Å². The quantitative estimate of drug-likeness (QED) is 0.536. The molecule has 0 aliphatic carbocycles. The van der Waals surface area contributed by atoms with Crippen molar-refractivity contribution >= 4 is 33.9 Å². The number of hydrogen-bond acceptors (Lipinski definition) is 5. The average Bonchev–Trinajstić information content (AvgIpc) is 2.47. The zero-order chi connectivity index (χ0) is 9.84. The van der Waals surface area contributed by atoms with Gasteiger partial charge in [-0.15, -0.1) is 0 Å². The summed E-state index contributed by atoms with van der Waals surface area (Å²) in [6.07, 6.45) is 0. The normalized spacial score (nSPS) is 21.6. The first-order chi connectivity index (χ1) is 6.09. The Bertz CT molecular complexity index is 250. The molecule has 1 heterocycles. The third-order valence-electron chi connectivity index (χ3n) is 1.40. The molecule has 0 aromatic rings. The Hall–Kier alpha value is -0.420. The standard InChI is InChI=1S/C8H10O3S2/c1-5(2)7(9)11-3-6-4-12-8(10)13-6/h6H,1,3-4H2,2H3. The first kappa shape index (κ1) is 10.7. The van der Waals surface area contributed by atoms with E-state index >= 15 is 0 Å². The minimum atomic E-state index is -0.384. The van der Waals surface area contributed by atoms with E-state index in [2.05, 4.69) is 6.58 Å². The zero-order valence-electron chi connectivity index (χ0n) is 7.24. The van der Waals surface area contributed by atoms with Crippen LogP contribution >= 0.6 is 23.5 Å². The number of esters is 1. The smallest absolute Gasteiger partial charge is 0.333 e. The van der Waals surface area contributed by atoms with Gasteiger partial charge in [-0.1, -0.05) is 30.1 Å². The van der Waals surface area contributed by atoms with Crippen LogP contribution in [0.5, 0.6) is 0 Å². The van der Waals surface area contributed by atoms with Crippen LogP contribution in [0.4, 0.5) is 4.79 Å². The molecule has 1 aliphatic heterocycles. The zero-order valence-corrected chi connectivity index (χ0v) is 8.87. The predicted octanol–water partition coefficient (Wildman–Crippen LogP) is 2.07. The molecular formula is C8H10O3S2. The molecule has 0 N–H and O–H groups in total. The Morgan fingerprint density at radius 2 is 2.46 bits per heavy atom. The Morgan fingerprint density at radius 3 is 2.92 bits per heavy atom. The van der Waals surface area contributed by atoms with Crippen molar-refractivity contribution < 1.29 is 14.3 Å². The van der Waals surface area contributed by atoms with Crippen LogP contribution in [0.1, 0.15) is 6.92 Å². The summed E-state index contributed by atoms with van der Waals surface area (Å²) in [7, 11) is 0. The summed E-state index contributed by atoms with van der Waals surface area (Å²) in [5, 5.41) is 0.112. The van der Waals surface area contributed by atoms with Gasteiger partial charge in [0, 0.05) is 11.3 Å². The van der Waals surface area contributed by atoms with E-state index in [1.165, 1.54) is 23.5 Å². The molecule has 0 bridgehead atoms. The molecule has 13 heavy (non-hydrogen) atoms. The molecule has 1 unspecified atom stereocenters. The van der Waals surface area contributed by atoms with E-state index in [9.17, 15) is 9.59 Å². The van der Waals surface area contributed by atoms with Crippen molar-refractivity contribution in [2.75, 3.05) is 12.4 Å². The number of rotatable bonds is 3. The second-order valence-corrected chi connectivity index (χ2v) is 5.20. The lowest BCUT2D eigenvalue weighted by Gasteiger charge is -2.07. The highest BCUT2D eigenvalue weighted by molar-refractivity contribution is 8.41. The Kier molecular flexibility index (Phi) is 3.87. The van der Waals surface area contributed by atoms with Crippen molar-refractivity contribution in [1.29, 1.82) is 0 Å². The fraction of sp³-hybridized carbons (Fsp3) is 0.500. The molecule has 1 saturated heterocycles. The summed E-state index contributed by atoms with van der Waals surface area (Å²) < 4.78 is 5.02. The van der Waals surface area contributed by atoms with E-state index in [0.29, 0.717) is 12.2 Å². The highest BCUT2D eigenvalue weighted by Gasteiger charge is 2.25. The fourth-order valence-corrected chi connectivity index (χ4v) is 2.93. The maximum atomic E-state index is 11.0. The van der Waals surface area contributed by atoms with Crippen molar-refractivity contribution in [3.63, 3.8) is 0 Å². The van der Waals surface area contributed by atoms with Crippen LogP contribution in [0.3, 0.4) is 0 Å². The molecule has 3 nitrogen and oxygen atoms in total. The van der Waals surface area contributed by atoms with Crippen molar-refractivity contribution in [1.82, 2.24) is 0 Å². The molecule has 1 fully saturated rings. The van der Waals surface area contributed by atoms with Crippen LogP contribution in [0, 0.1) is 0 Å².